The summed E-state index contributed by atoms with van der Waals surface area (Å²) in [6.07, 6.45) is 3.39. The number of rotatable bonds is 6. The number of halogens is 2. The Morgan fingerprint density at radius 2 is 2.08 bits per heavy atom. The number of aromatic amines is 1. The van der Waals surface area contributed by atoms with Crippen LogP contribution >= 0.6 is 23.2 Å². The maximum absolute atomic E-state index is 12.3. The zero-order chi connectivity index (χ0) is 17.8. The Morgan fingerprint density at radius 1 is 1.32 bits per heavy atom. The lowest BCUT2D eigenvalue weighted by Gasteiger charge is -2.17. The fourth-order valence-corrected chi connectivity index (χ4v) is 3.50. The van der Waals surface area contributed by atoms with Crippen LogP contribution in [0.5, 0.6) is 0 Å². The molecule has 0 bridgehead atoms. The number of anilines is 1. The molecule has 0 aliphatic carbocycles. The first kappa shape index (κ1) is 18.2. The van der Waals surface area contributed by atoms with E-state index in [9.17, 15) is 4.79 Å². The molecule has 0 radical (unpaired) electrons. The Bertz CT molecular complexity index is 740. The van der Waals surface area contributed by atoms with Crippen LogP contribution in [0.25, 0.3) is 11.3 Å². The topological polar surface area (TPSA) is 61.0 Å². The van der Waals surface area contributed by atoms with Gasteiger partial charge in [-0.25, -0.2) is 0 Å². The molecule has 25 heavy (non-hydrogen) atoms. The van der Waals surface area contributed by atoms with Crippen molar-refractivity contribution in [2.45, 2.75) is 26.2 Å². The van der Waals surface area contributed by atoms with Crippen molar-refractivity contribution in [2.24, 2.45) is 5.92 Å². The second-order valence-electron chi connectivity index (χ2n) is 6.52. The number of benzene rings is 1. The highest BCUT2D eigenvalue weighted by molar-refractivity contribution is 6.36. The van der Waals surface area contributed by atoms with E-state index in [0.29, 0.717) is 15.9 Å². The molecule has 2 aromatic rings. The molecule has 7 heteroatoms. The molecule has 1 aromatic carbocycles. The van der Waals surface area contributed by atoms with Crippen LogP contribution in [0.1, 0.15) is 26.2 Å². The minimum atomic E-state index is -0.0557. The number of H-pyrrole nitrogens is 1. The highest BCUT2D eigenvalue weighted by atomic mass is 35.5. The summed E-state index contributed by atoms with van der Waals surface area (Å²) >= 11 is 12.1. The third-order valence-electron chi connectivity index (χ3n) is 4.58. The van der Waals surface area contributed by atoms with Crippen molar-refractivity contribution in [2.75, 3.05) is 25.0 Å². The SMILES string of the molecule is CC(CCN1CCCC1)C(=O)Nc1cc(-c2ccc(Cl)cc2Cl)[nH]n1. The average molecular weight is 381 g/mol. The monoisotopic (exact) mass is 380 g/mol. The van der Waals surface area contributed by atoms with Gasteiger partial charge in [0.05, 0.1) is 10.7 Å². The van der Waals surface area contributed by atoms with Gasteiger partial charge in [0.25, 0.3) is 0 Å². The number of hydrogen-bond donors (Lipinski definition) is 2. The van der Waals surface area contributed by atoms with Gasteiger partial charge in [0.2, 0.25) is 5.91 Å². The zero-order valence-electron chi connectivity index (χ0n) is 14.2. The standard InChI is InChI=1S/C18H22Cl2N4O/c1-12(6-9-24-7-2-3-8-24)18(25)21-17-11-16(22-23-17)14-5-4-13(19)10-15(14)20/h4-5,10-12H,2-3,6-9H2,1H3,(H2,21,22,23,25). The first-order valence-electron chi connectivity index (χ1n) is 8.57. The third kappa shape index (κ3) is 4.75. The van der Waals surface area contributed by atoms with Crippen LogP contribution in [0.15, 0.2) is 24.3 Å². The second-order valence-corrected chi connectivity index (χ2v) is 7.36. The van der Waals surface area contributed by atoms with E-state index in [1.807, 2.05) is 13.0 Å². The molecule has 1 aliphatic rings. The average Bonchev–Trinajstić information content (AvgIpc) is 3.24. The number of carbonyl (C=O) groups excluding carboxylic acids is 1. The van der Waals surface area contributed by atoms with Gasteiger partial charge in [-0.2, -0.15) is 5.10 Å². The minimum Gasteiger partial charge on any atom is -0.309 e. The number of nitrogens with zero attached hydrogens (tertiary/aromatic N) is 2. The van der Waals surface area contributed by atoms with Gasteiger partial charge in [0, 0.05) is 22.6 Å². The van der Waals surface area contributed by atoms with E-state index >= 15 is 0 Å². The lowest BCUT2D eigenvalue weighted by atomic mass is 10.1. The minimum absolute atomic E-state index is 0.0144. The quantitative estimate of drug-likeness (QED) is 0.778. The molecule has 134 valence electrons. The van der Waals surface area contributed by atoms with Gasteiger partial charge in [0.15, 0.2) is 5.82 Å². The second kappa shape index (κ2) is 8.21. The maximum atomic E-state index is 12.3. The molecule has 2 N–H and O–H groups in total. The molecule has 0 saturated carbocycles. The molecule has 1 saturated heterocycles. The Balaban J connectivity index is 1.57. The zero-order valence-corrected chi connectivity index (χ0v) is 15.7. The van der Waals surface area contributed by atoms with Crippen LogP contribution < -0.4 is 5.32 Å². The Morgan fingerprint density at radius 3 is 2.80 bits per heavy atom. The highest BCUT2D eigenvalue weighted by Crippen LogP contribution is 2.30. The lowest BCUT2D eigenvalue weighted by Crippen LogP contribution is -2.27. The Kier molecular flexibility index (Phi) is 5.99. The van der Waals surface area contributed by atoms with E-state index in [2.05, 4.69) is 20.4 Å². The van der Waals surface area contributed by atoms with Gasteiger partial charge in [-0.15, -0.1) is 0 Å². The fourth-order valence-electron chi connectivity index (χ4n) is 2.99. The van der Waals surface area contributed by atoms with Crippen molar-refractivity contribution in [1.82, 2.24) is 15.1 Å². The van der Waals surface area contributed by atoms with E-state index in [-0.39, 0.29) is 11.8 Å². The van der Waals surface area contributed by atoms with Crippen molar-refractivity contribution in [1.29, 1.82) is 0 Å². The predicted octanol–water partition coefficient (Wildman–Crippen LogP) is 4.44. The van der Waals surface area contributed by atoms with Crippen LogP contribution in [-0.2, 0) is 4.79 Å². The van der Waals surface area contributed by atoms with Crippen molar-refractivity contribution in [3.8, 4) is 11.3 Å². The van der Waals surface area contributed by atoms with Gasteiger partial charge in [-0.3, -0.25) is 9.89 Å². The number of hydrogen-bond acceptors (Lipinski definition) is 3. The lowest BCUT2D eigenvalue weighted by molar-refractivity contribution is -0.119. The number of amides is 1. The molecule has 1 fully saturated rings. The summed E-state index contributed by atoms with van der Waals surface area (Å²) in [6.45, 7) is 5.23. The van der Waals surface area contributed by atoms with Crippen molar-refractivity contribution in [3.63, 3.8) is 0 Å². The highest BCUT2D eigenvalue weighted by Gasteiger charge is 2.18. The number of aromatic nitrogens is 2. The molecule has 1 amide bonds. The van der Waals surface area contributed by atoms with Crippen LogP contribution in [0, 0.1) is 5.92 Å². The summed E-state index contributed by atoms with van der Waals surface area (Å²) in [7, 11) is 0. The molecule has 1 unspecified atom stereocenters. The summed E-state index contributed by atoms with van der Waals surface area (Å²) in [6, 6.07) is 7.04. The summed E-state index contributed by atoms with van der Waals surface area (Å²) in [5.74, 6) is 0.429. The molecule has 1 aliphatic heterocycles. The van der Waals surface area contributed by atoms with Gasteiger partial charge in [0.1, 0.15) is 0 Å². The Labute approximate surface area is 157 Å². The normalized spacial score (nSPS) is 16.1. The molecule has 5 nitrogen and oxygen atoms in total. The molecule has 2 heterocycles. The first-order valence-corrected chi connectivity index (χ1v) is 9.32. The number of carbonyl (C=O) groups is 1. The van der Waals surface area contributed by atoms with Crippen LogP contribution in [0.4, 0.5) is 5.82 Å². The largest absolute Gasteiger partial charge is 0.309 e. The molecule has 1 atom stereocenters. The van der Waals surface area contributed by atoms with E-state index in [1.165, 1.54) is 12.8 Å². The summed E-state index contributed by atoms with van der Waals surface area (Å²) < 4.78 is 0. The first-order chi connectivity index (χ1) is 12.0. The molecule has 1 aromatic heterocycles. The van der Waals surface area contributed by atoms with Crippen molar-refractivity contribution in [3.05, 3.63) is 34.3 Å². The van der Waals surface area contributed by atoms with Crippen LogP contribution in [0.3, 0.4) is 0 Å². The van der Waals surface area contributed by atoms with Crippen LogP contribution in [0.2, 0.25) is 10.0 Å². The van der Waals surface area contributed by atoms with Gasteiger partial charge in [-0.1, -0.05) is 30.1 Å². The van der Waals surface area contributed by atoms with Crippen molar-refractivity contribution >= 4 is 34.9 Å². The van der Waals surface area contributed by atoms with E-state index in [4.69, 9.17) is 23.2 Å². The Hall–Kier alpha value is -1.56. The van der Waals surface area contributed by atoms with Gasteiger partial charge in [-0.05, 0) is 57.1 Å². The summed E-state index contributed by atoms with van der Waals surface area (Å²) in [5, 5.41) is 11.0. The van der Waals surface area contributed by atoms with Gasteiger partial charge >= 0.3 is 0 Å². The summed E-state index contributed by atoms with van der Waals surface area (Å²) in [4.78, 5) is 14.8. The smallest absolute Gasteiger partial charge is 0.228 e. The maximum Gasteiger partial charge on any atom is 0.228 e. The summed E-state index contributed by atoms with van der Waals surface area (Å²) in [5.41, 5.74) is 1.53. The number of likely N-dealkylation sites (tertiary alicyclic amines) is 1. The van der Waals surface area contributed by atoms with Crippen LogP contribution in [-0.4, -0.2) is 40.6 Å². The van der Waals surface area contributed by atoms with Crippen molar-refractivity contribution < 1.29 is 4.79 Å². The van der Waals surface area contributed by atoms with E-state index in [1.54, 1.807) is 18.2 Å². The van der Waals surface area contributed by atoms with E-state index < -0.39 is 0 Å². The predicted molar refractivity (Wildman–Crippen MR) is 102 cm³/mol. The third-order valence-corrected chi connectivity index (χ3v) is 5.12. The number of nitrogens with one attached hydrogen (secondary N) is 2. The van der Waals surface area contributed by atoms with Gasteiger partial charge < -0.3 is 10.2 Å². The fraction of sp³-hybridized carbons (Fsp3) is 0.444. The molecular weight excluding hydrogens is 359 g/mol. The molecule has 3 rings (SSSR count). The molecular formula is C18H22Cl2N4O. The van der Waals surface area contributed by atoms with E-state index in [0.717, 1.165) is 37.3 Å². The molecule has 0 spiro atoms.